The predicted octanol–water partition coefficient (Wildman–Crippen LogP) is 4.61. The monoisotopic (exact) mass is 354 g/mol. The number of nitro groups is 1. The third kappa shape index (κ3) is 3.45. The van der Waals surface area contributed by atoms with E-state index in [0.717, 1.165) is 5.56 Å². The van der Waals surface area contributed by atoms with Gasteiger partial charge in [-0.1, -0.05) is 12.1 Å². The Morgan fingerprint density at radius 2 is 2.20 bits per heavy atom. The second kappa shape index (κ2) is 6.47. The van der Waals surface area contributed by atoms with Gasteiger partial charge in [-0.3, -0.25) is 15.0 Å². The molecule has 0 N–H and O–H groups in total. The molecule has 0 aliphatic rings. The summed E-state index contributed by atoms with van der Waals surface area (Å²) in [5.74, 6) is 0. The first-order valence-corrected chi connectivity index (χ1v) is 7.82. The molecule has 1 unspecified atom stereocenters. The van der Waals surface area contributed by atoms with Crippen molar-refractivity contribution in [3.8, 4) is 0 Å². The Morgan fingerprint density at radius 3 is 2.80 bits per heavy atom. The fraction of sp³-hybridized carbons (Fsp3) is 0.286. The molecule has 6 heteroatoms. The van der Waals surface area contributed by atoms with Crippen molar-refractivity contribution in [2.45, 2.75) is 19.5 Å². The quantitative estimate of drug-likeness (QED) is 0.581. The Hall–Kier alpha value is -1.24. The van der Waals surface area contributed by atoms with E-state index in [1.807, 2.05) is 19.2 Å². The number of rotatable bonds is 5. The molecule has 2 aromatic rings. The number of halogens is 1. The van der Waals surface area contributed by atoms with Gasteiger partial charge in [-0.05, 0) is 53.0 Å². The van der Waals surface area contributed by atoms with Gasteiger partial charge in [-0.25, -0.2) is 0 Å². The topological polar surface area (TPSA) is 46.4 Å². The van der Waals surface area contributed by atoms with Crippen molar-refractivity contribution >= 4 is 33.0 Å². The maximum atomic E-state index is 10.9. The lowest BCUT2D eigenvalue weighted by molar-refractivity contribution is -0.385. The van der Waals surface area contributed by atoms with Crippen molar-refractivity contribution < 1.29 is 4.92 Å². The van der Waals surface area contributed by atoms with Crippen LogP contribution in [0.25, 0.3) is 0 Å². The van der Waals surface area contributed by atoms with Crippen LogP contribution in [0, 0.1) is 10.1 Å². The van der Waals surface area contributed by atoms with Crippen molar-refractivity contribution in [3.05, 3.63) is 60.7 Å². The lowest BCUT2D eigenvalue weighted by Gasteiger charge is -2.23. The Bertz CT molecular complexity index is 601. The predicted molar refractivity (Wildman–Crippen MR) is 85.0 cm³/mol. The van der Waals surface area contributed by atoms with E-state index in [-0.39, 0.29) is 16.7 Å². The van der Waals surface area contributed by atoms with Gasteiger partial charge < -0.3 is 0 Å². The first kappa shape index (κ1) is 15.2. The van der Waals surface area contributed by atoms with Crippen LogP contribution >= 0.6 is 27.3 Å². The molecule has 20 heavy (non-hydrogen) atoms. The molecule has 0 spiro atoms. The standard InChI is InChI=1S/C14H15BrN2O2S/c1-10(14-4-3-7-20-14)16(2)9-11-5-6-12(15)13(8-11)17(18)19/h3-8,10H,9H2,1-2H3. The third-order valence-electron chi connectivity index (χ3n) is 3.26. The van der Waals surface area contributed by atoms with Crippen LogP contribution in [0.15, 0.2) is 40.2 Å². The number of thiophene rings is 1. The smallest absolute Gasteiger partial charge is 0.283 e. The van der Waals surface area contributed by atoms with Gasteiger partial charge in [0.05, 0.1) is 9.40 Å². The molecule has 0 aliphatic carbocycles. The second-order valence-electron chi connectivity index (χ2n) is 4.65. The minimum atomic E-state index is -0.365. The van der Waals surface area contributed by atoms with Gasteiger partial charge >= 0.3 is 0 Å². The summed E-state index contributed by atoms with van der Waals surface area (Å²) in [5.41, 5.74) is 1.05. The normalized spacial score (nSPS) is 12.6. The van der Waals surface area contributed by atoms with E-state index in [1.54, 1.807) is 23.5 Å². The van der Waals surface area contributed by atoms with Gasteiger partial charge in [-0.15, -0.1) is 11.3 Å². The fourth-order valence-electron chi connectivity index (χ4n) is 1.97. The lowest BCUT2D eigenvalue weighted by atomic mass is 10.1. The Labute approximate surface area is 130 Å². The van der Waals surface area contributed by atoms with Gasteiger partial charge in [-0.2, -0.15) is 0 Å². The van der Waals surface area contributed by atoms with Crippen LogP contribution in [-0.4, -0.2) is 16.9 Å². The molecule has 1 heterocycles. The molecular weight excluding hydrogens is 340 g/mol. The van der Waals surface area contributed by atoms with E-state index in [1.165, 1.54) is 4.88 Å². The summed E-state index contributed by atoms with van der Waals surface area (Å²) in [6.45, 7) is 2.81. The highest BCUT2D eigenvalue weighted by Gasteiger charge is 2.16. The van der Waals surface area contributed by atoms with Crippen molar-refractivity contribution in [3.63, 3.8) is 0 Å². The molecule has 0 bridgehead atoms. The van der Waals surface area contributed by atoms with Gasteiger partial charge in [0, 0.05) is 23.5 Å². The Kier molecular flexibility index (Phi) is 4.91. The van der Waals surface area contributed by atoms with E-state index < -0.39 is 0 Å². The molecule has 0 amide bonds. The Morgan fingerprint density at radius 1 is 1.45 bits per heavy atom. The van der Waals surface area contributed by atoms with Crippen LogP contribution in [0.2, 0.25) is 0 Å². The van der Waals surface area contributed by atoms with Crippen LogP contribution in [-0.2, 0) is 6.54 Å². The highest BCUT2D eigenvalue weighted by atomic mass is 79.9. The number of nitrogens with zero attached hydrogens (tertiary/aromatic N) is 2. The second-order valence-corrected chi connectivity index (χ2v) is 6.48. The van der Waals surface area contributed by atoms with Crippen LogP contribution in [0.4, 0.5) is 5.69 Å². The molecular formula is C14H15BrN2O2S. The largest absolute Gasteiger partial charge is 0.295 e. The first-order valence-electron chi connectivity index (χ1n) is 6.15. The van der Waals surface area contributed by atoms with Crippen LogP contribution in [0.5, 0.6) is 0 Å². The average Bonchev–Trinajstić information content (AvgIpc) is 2.93. The molecule has 0 fully saturated rings. The van der Waals surface area contributed by atoms with E-state index >= 15 is 0 Å². The zero-order valence-corrected chi connectivity index (χ0v) is 13.6. The highest BCUT2D eigenvalue weighted by Crippen LogP contribution is 2.28. The summed E-state index contributed by atoms with van der Waals surface area (Å²) >= 11 is 4.93. The van der Waals surface area contributed by atoms with E-state index in [4.69, 9.17) is 0 Å². The summed E-state index contributed by atoms with van der Waals surface area (Å²) in [6.07, 6.45) is 0. The lowest BCUT2D eigenvalue weighted by Crippen LogP contribution is -2.21. The number of hydrogen-bond donors (Lipinski definition) is 0. The molecule has 1 atom stereocenters. The molecule has 1 aromatic carbocycles. The van der Waals surface area contributed by atoms with Gasteiger partial charge in [0.2, 0.25) is 0 Å². The van der Waals surface area contributed by atoms with Gasteiger partial charge in [0.1, 0.15) is 0 Å². The van der Waals surface area contributed by atoms with Crippen LogP contribution in [0.1, 0.15) is 23.4 Å². The number of benzene rings is 1. The summed E-state index contributed by atoms with van der Waals surface area (Å²) in [6, 6.07) is 9.70. The SMILES string of the molecule is CC(c1cccs1)N(C)Cc1ccc(Br)c([N+](=O)[O-])c1. The zero-order valence-electron chi connectivity index (χ0n) is 11.2. The zero-order chi connectivity index (χ0) is 14.7. The van der Waals surface area contributed by atoms with E-state index in [0.29, 0.717) is 11.0 Å². The minimum absolute atomic E-state index is 0.111. The van der Waals surface area contributed by atoms with Gasteiger partial charge in [0.15, 0.2) is 0 Å². The summed E-state index contributed by atoms with van der Waals surface area (Å²) in [4.78, 5) is 14.0. The summed E-state index contributed by atoms with van der Waals surface area (Å²) < 4.78 is 0.514. The third-order valence-corrected chi connectivity index (χ3v) is 4.97. The van der Waals surface area contributed by atoms with Crippen LogP contribution in [0.3, 0.4) is 0 Å². The van der Waals surface area contributed by atoms with Crippen molar-refractivity contribution in [2.75, 3.05) is 7.05 Å². The molecule has 106 valence electrons. The fourth-order valence-corrected chi connectivity index (χ4v) is 3.21. The first-order chi connectivity index (χ1) is 9.49. The van der Waals surface area contributed by atoms with E-state index in [9.17, 15) is 10.1 Å². The molecule has 0 saturated heterocycles. The molecule has 2 rings (SSSR count). The van der Waals surface area contributed by atoms with Crippen molar-refractivity contribution in [1.82, 2.24) is 4.90 Å². The van der Waals surface area contributed by atoms with E-state index in [2.05, 4.69) is 39.2 Å². The number of nitro benzene ring substituents is 1. The average molecular weight is 355 g/mol. The Balaban J connectivity index is 2.13. The molecule has 0 radical (unpaired) electrons. The number of hydrogen-bond acceptors (Lipinski definition) is 4. The highest BCUT2D eigenvalue weighted by molar-refractivity contribution is 9.10. The molecule has 4 nitrogen and oxygen atoms in total. The minimum Gasteiger partial charge on any atom is -0.295 e. The molecule has 0 aliphatic heterocycles. The van der Waals surface area contributed by atoms with Crippen LogP contribution < -0.4 is 0 Å². The maximum Gasteiger partial charge on any atom is 0.283 e. The summed E-state index contributed by atoms with van der Waals surface area (Å²) in [5, 5.41) is 13.0. The summed E-state index contributed by atoms with van der Waals surface area (Å²) in [7, 11) is 2.03. The molecule has 1 aromatic heterocycles. The maximum absolute atomic E-state index is 10.9. The van der Waals surface area contributed by atoms with Gasteiger partial charge in [0.25, 0.3) is 5.69 Å². The van der Waals surface area contributed by atoms with Crippen molar-refractivity contribution in [2.24, 2.45) is 0 Å². The molecule has 0 saturated carbocycles. The van der Waals surface area contributed by atoms with Crippen molar-refractivity contribution in [1.29, 1.82) is 0 Å².